The fraction of sp³-hybridized carbons (Fsp3) is 0.550. The molecule has 1 N–H and O–H groups in total. The van der Waals surface area contributed by atoms with E-state index < -0.39 is 0 Å². The van der Waals surface area contributed by atoms with Crippen molar-refractivity contribution in [1.29, 1.82) is 0 Å². The number of benzene rings is 1. The Kier molecular flexibility index (Phi) is 5.84. The summed E-state index contributed by atoms with van der Waals surface area (Å²) < 4.78 is 10.6. The van der Waals surface area contributed by atoms with Gasteiger partial charge >= 0.3 is 12.0 Å². The van der Waals surface area contributed by atoms with Crippen molar-refractivity contribution in [3.63, 3.8) is 0 Å². The Labute approximate surface area is 170 Å². The van der Waals surface area contributed by atoms with Crippen LogP contribution in [0.1, 0.15) is 6.42 Å². The molecular formula is C20H28N6O3. The third kappa shape index (κ3) is 4.61. The monoisotopic (exact) mass is 400 g/mol. The number of carbonyl (C=O) groups excluding carboxylic acids is 1. The van der Waals surface area contributed by atoms with Crippen LogP contribution in [0.25, 0.3) is 11.4 Å². The highest BCUT2D eigenvalue weighted by Crippen LogP contribution is 2.23. The number of rotatable bonds is 5. The average Bonchev–Trinajstić information content (AvgIpc) is 3.41. The van der Waals surface area contributed by atoms with Gasteiger partial charge in [-0.05, 0) is 50.2 Å². The van der Waals surface area contributed by atoms with Crippen molar-refractivity contribution in [2.75, 3.05) is 64.9 Å². The molecule has 2 aliphatic rings. The predicted molar refractivity (Wildman–Crippen MR) is 109 cm³/mol. The molecule has 1 aromatic heterocycles. The fourth-order valence-corrected chi connectivity index (χ4v) is 3.84. The van der Waals surface area contributed by atoms with Gasteiger partial charge in [-0.3, -0.25) is 0 Å². The number of likely N-dealkylation sites (tertiary alicyclic amines) is 1. The van der Waals surface area contributed by atoms with Crippen molar-refractivity contribution in [2.45, 2.75) is 6.42 Å². The Morgan fingerprint density at radius 2 is 1.97 bits per heavy atom. The van der Waals surface area contributed by atoms with E-state index in [-0.39, 0.29) is 6.03 Å². The maximum Gasteiger partial charge on any atom is 0.324 e. The van der Waals surface area contributed by atoms with E-state index in [9.17, 15) is 4.79 Å². The molecule has 9 heteroatoms. The van der Waals surface area contributed by atoms with Crippen molar-refractivity contribution in [3.8, 4) is 17.1 Å². The third-order valence-electron chi connectivity index (χ3n) is 5.63. The number of nitrogens with one attached hydrogen (secondary N) is 1. The van der Waals surface area contributed by atoms with E-state index in [0.717, 1.165) is 37.4 Å². The second-order valence-corrected chi connectivity index (χ2v) is 7.71. The maximum atomic E-state index is 12.4. The van der Waals surface area contributed by atoms with Gasteiger partial charge in [-0.15, -0.1) is 0 Å². The maximum absolute atomic E-state index is 12.4. The van der Waals surface area contributed by atoms with Crippen LogP contribution in [0.2, 0.25) is 0 Å². The van der Waals surface area contributed by atoms with Crippen LogP contribution in [0.4, 0.5) is 10.8 Å². The Morgan fingerprint density at radius 1 is 1.21 bits per heavy atom. The van der Waals surface area contributed by atoms with Crippen LogP contribution in [0.3, 0.4) is 0 Å². The molecule has 0 radical (unpaired) electrons. The van der Waals surface area contributed by atoms with Gasteiger partial charge in [-0.2, -0.15) is 4.98 Å². The topological polar surface area (TPSA) is 87.0 Å². The number of nitrogens with zero attached hydrogens (tertiary/aromatic N) is 5. The number of amides is 2. The van der Waals surface area contributed by atoms with Crippen molar-refractivity contribution in [3.05, 3.63) is 24.3 Å². The van der Waals surface area contributed by atoms with E-state index in [1.807, 2.05) is 34.1 Å². The molecule has 0 bridgehead atoms. The average molecular weight is 400 g/mol. The first kappa shape index (κ1) is 19.5. The van der Waals surface area contributed by atoms with Crippen LogP contribution in [0, 0.1) is 5.92 Å². The highest BCUT2D eigenvalue weighted by atomic mass is 16.5. The van der Waals surface area contributed by atoms with Crippen molar-refractivity contribution < 1.29 is 14.1 Å². The number of methoxy groups -OCH3 is 1. The minimum Gasteiger partial charge on any atom is -0.497 e. The van der Waals surface area contributed by atoms with Crippen molar-refractivity contribution in [2.24, 2.45) is 5.92 Å². The van der Waals surface area contributed by atoms with E-state index >= 15 is 0 Å². The number of ether oxygens (including phenoxy) is 1. The zero-order valence-electron chi connectivity index (χ0n) is 17.0. The van der Waals surface area contributed by atoms with Crippen LogP contribution in [-0.4, -0.2) is 85.9 Å². The lowest BCUT2D eigenvalue weighted by molar-refractivity contribution is 0.191. The molecule has 2 saturated heterocycles. The van der Waals surface area contributed by atoms with Crippen LogP contribution < -0.4 is 15.0 Å². The number of anilines is 1. The molecule has 2 aromatic rings. The molecule has 2 fully saturated rings. The van der Waals surface area contributed by atoms with Gasteiger partial charge in [0.1, 0.15) is 5.75 Å². The summed E-state index contributed by atoms with van der Waals surface area (Å²) in [5.41, 5.74) is 0.872. The first-order chi connectivity index (χ1) is 14.1. The van der Waals surface area contributed by atoms with Crippen molar-refractivity contribution >= 4 is 12.0 Å². The first-order valence-electron chi connectivity index (χ1n) is 10.1. The summed E-state index contributed by atoms with van der Waals surface area (Å²) in [5.74, 6) is 1.89. The molecule has 29 heavy (non-hydrogen) atoms. The van der Waals surface area contributed by atoms with Gasteiger partial charge in [0.2, 0.25) is 5.82 Å². The fourth-order valence-electron chi connectivity index (χ4n) is 3.84. The summed E-state index contributed by atoms with van der Waals surface area (Å²) >= 11 is 0. The molecular weight excluding hydrogens is 372 g/mol. The molecule has 1 atom stereocenters. The number of piperazine rings is 1. The summed E-state index contributed by atoms with van der Waals surface area (Å²) in [6, 6.07) is 8.04. The number of aromatic nitrogens is 2. The molecule has 0 saturated carbocycles. The largest absolute Gasteiger partial charge is 0.497 e. The van der Waals surface area contributed by atoms with E-state index in [4.69, 9.17) is 9.26 Å². The van der Waals surface area contributed by atoms with Gasteiger partial charge < -0.3 is 29.3 Å². The highest BCUT2D eigenvalue weighted by molar-refractivity contribution is 5.74. The zero-order valence-corrected chi connectivity index (χ0v) is 17.0. The number of hydrogen-bond donors (Lipinski definition) is 1. The van der Waals surface area contributed by atoms with Crippen LogP contribution in [-0.2, 0) is 0 Å². The van der Waals surface area contributed by atoms with E-state index in [1.165, 1.54) is 0 Å². The Balaban J connectivity index is 1.27. The second-order valence-electron chi connectivity index (χ2n) is 7.71. The summed E-state index contributed by atoms with van der Waals surface area (Å²) in [5, 5.41) is 7.17. The Bertz CT molecular complexity index is 816. The van der Waals surface area contributed by atoms with Gasteiger partial charge in [0, 0.05) is 44.8 Å². The molecule has 0 aliphatic carbocycles. The molecule has 0 spiro atoms. The number of carbonyl (C=O) groups is 1. The molecule has 1 unspecified atom stereocenters. The van der Waals surface area contributed by atoms with Crippen LogP contribution >= 0.6 is 0 Å². The number of urea groups is 1. The molecule has 2 amide bonds. The van der Waals surface area contributed by atoms with Gasteiger partial charge in [0.15, 0.2) is 0 Å². The lowest BCUT2D eigenvalue weighted by atomic mass is 10.1. The van der Waals surface area contributed by atoms with Gasteiger partial charge in [-0.1, -0.05) is 5.16 Å². The van der Waals surface area contributed by atoms with Crippen molar-refractivity contribution in [1.82, 2.24) is 25.3 Å². The SMILES string of the molecule is COc1ccc(-c2noc(N3CCN(C(=O)NCC4CCN(C)C4)CC3)n2)cc1. The molecule has 9 nitrogen and oxygen atoms in total. The van der Waals surface area contributed by atoms with Crippen LogP contribution in [0.15, 0.2) is 28.8 Å². The van der Waals surface area contributed by atoms with Gasteiger partial charge in [0.05, 0.1) is 7.11 Å². The number of hydrogen-bond acceptors (Lipinski definition) is 7. The standard InChI is InChI=1S/C20H28N6O3/c1-24-8-7-15(14-24)13-21-19(27)25-9-11-26(12-10-25)20-22-18(23-29-20)16-3-5-17(28-2)6-4-16/h3-6,15H,7-14H2,1-2H3,(H,21,27). The Morgan fingerprint density at radius 3 is 2.62 bits per heavy atom. The minimum atomic E-state index is 0.0173. The van der Waals surface area contributed by atoms with Gasteiger partial charge in [0.25, 0.3) is 0 Å². The summed E-state index contributed by atoms with van der Waals surface area (Å²) in [4.78, 5) is 23.1. The minimum absolute atomic E-state index is 0.0173. The quantitative estimate of drug-likeness (QED) is 0.814. The first-order valence-corrected chi connectivity index (χ1v) is 10.1. The predicted octanol–water partition coefficient (Wildman–Crippen LogP) is 1.53. The lowest BCUT2D eigenvalue weighted by Gasteiger charge is -2.33. The molecule has 3 heterocycles. The lowest BCUT2D eigenvalue weighted by Crippen LogP contribution is -2.52. The molecule has 156 valence electrons. The van der Waals surface area contributed by atoms with E-state index in [0.29, 0.717) is 43.9 Å². The highest BCUT2D eigenvalue weighted by Gasteiger charge is 2.26. The molecule has 4 rings (SSSR count). The van der Waals surface area contributed by atoms with E-state index in [2.05, 4.69) is 27.4 Å². The molecule has 2 aliphatic heterocycles. The normalized spacial score (nSPS) is 20.1. The third-order valence-corrected chi connectivity index (χ3v) is 5.63. The Hall–Kier alpha value is -2.81. The smallest absolute Gasteiger partial charge is 0.324 e. The second kappa shape index (κ2) is 8.69. The zero-order chi connectivity index (χ0) is 20.2. The summed E-state index contributed by atoms with van der Waals surface area (Å²) in [6.45, 7) is 5.53. The summed E-state index contributed by atoms with van der Waals surface area (Å²) in [6.07, 6.45) is 1.15. The van der Waals surface area contributed by atoms with Crippen LogP contribution in [0.5, 0.6) is 5.75 Å². The summed E-state index contributed by atoms with van der Waals surface area (Å²) in [7, 11) is 3.76. The van der Waals surface area contributed by atoms with Gasteiger partial charge in [-0.25, -0.2) is 4.79 Å². The molecule has 1 aromatic carbocycles. The van der Waals surface area contributed by atoms with E-state index in [1.54, 1.807) is 7.11 Å².